The average Bonchev–Trinajstić information content (AvgIpc) is 2.12. The number of aryl methyl sites for hydroxylation is 2. The molecule has 0 saturated heterocycles. The van der Waals surface area contributed by atoms with E-state index in [-0.39, 0.29) is 0 Å². The minimum Gasteiger partial charge on any atom is -0.264 e. The maximum atomic E-state index is 4.18. The Balaban J connectivity index is 2.94. The van der Waals surface area contributed by atoms with Gasteiger partial charge in [-0.1, -0.05) is 12.1 Å². The predicted molar refractivity (Wildman–Crippen MR) is 58.9 cm³/mol. The smallest absolute Gasteiger partial charge is 0.0358 e. The second kappa shape index (κ2) is 3.11. The van der Waals surface area contributed by atoms with Crippen LogP contribution in [0.25, 0.3) is 10.8 Å². The largest absolute Gasteiger partial charge is 0.264 e. The van der Waals surface area contributed by atoms with Crippen molar-refractivity contribution in [3.05, 3.63) is 40.1 Å². The molecule has 0 unspecified atom stereocenters. The number of fused-ring (bicyclic) bond motifs is 1. The average molecular weight is 236 g/mol. The number of nitrogens with zero attached hydrogens (tertiary/aromatic N) is 1. The van der Waals surface area contributed by atoms with E-state index in [9.17, 15) is 0 Å². The molecule has 0 saturated carbocycles. The molecule has 0 bridgehead atoms. The molecule has 0 radical (unpaired) electrons. The third-order valence-electron chi connectivity index (χ3n) is 2.27. The highest BCUT2D eigenvalue weighted by atomic mass is 79.9. The summed E-state index contributed by atoms with van der Waals surface area (Å²) in [4.78, 5) is 4.18. The van der Waals surface area contributed by atoms with Gasteiger partial charge in [-0.25, -0.2) is 0 Å². The highest BCUT2D eigenvalue weighted by Gasteiger charge is 2.02. The summed E-state index contributed by atoms with van der Waals surface area (Å²) in [5, 5.41) is 2.47. The first kappa shape index (κ1) is 8.70. The first-order valence-corrected chi connectivity index (χ1v) is 4.99. The fourth-order valence-corrected chi connectivity index (χ4v) is 1.91. The van der Waals surface area contributed by atoms with Crippen molar-refractivity contribution in [1.29, 1.82) is 0 Å². The normalized spacial score (nSPS) is 10.7. The summed E-state index contributed by atoms with van der Waals surface area (Å²) in [5.41, 5.74) is 2.47. The number of benzene rings is 1. The molecule has 1 aromatic heterocycles. The van der Waals surface area contributed by atoms with Gasteiger partial charge in [0.15, 0.2) is 0 Å². The Labute approximate surface area is 85.9 Å². The monoisotopic (exact) mass is 235 g/mol. The zero-order chi connectivity index (χ0) is 9.42. The van der Waals surface area contributed by atoms with E-state index >= 15 is 0 Å². The lowest BCUT2D eigenvalue weighted by Crippen LogP contribution is -1.84. The van der Waals surface area contributed by atoms with E-state index in [1.54, 1.807) is 0 Å². The van der Waals surface area contributed by atoms with Crippen LogP contribution in [0, 0.1) is 13.8 Å². The van der Waals surface area contributed by atoms with Gasteiger partial charge in [0.2, 0.25) is 0 Å². The molecule has 0 aliphatic carbocycles. The molecule has 0 N–H and O–H groups in total. The van der Waals surface area contributed by atoms with Crippen molar-refractivity contribution in [2.75, 3.05) is 0 Å². The Kier molecular flexibility index (Phi) is 2.08. The fourth-order valence-electron chi connectivity index (χ4n) is 1.47. The number of hydrogen-bond acceptors (Lipinski definition) is 1. The van der Waals surface area contributed by atoms with Crippen LogP contribution in [0.15, 0.2) is 29.0 Å². The van der Waals surface area contributed by atoms with Crippen molar-refractivity contribution < 1.29 is 0 Å². The van der Waals surface area contributed by atoms with Gasteiger partial charge in [-0.05, 0) is 46.3 Å². The van der Waals surface area contributed by atoms with Crippen LogP contribution >= 0.6 is 15.9 Å². The summed E-state index contributed by atoms with van der Waals surface area (Å²) in [7, 11) is 0. The molecule has 0 aliphatic rings. The van der Waals surface area contributed by atoms with Crippen molar-refractivity contribution in [1.82, 2.24) is 4.98 Å². The Hall–Kier alpha value is -0.890. The minimum atomic E-state index is 1.15. The van der Waals surface area contributed by atoms with Crippen LogP contribution in [0.3, 0.4) is 0 Å². The number of rotatable bonds is 0. The third kappa shape index (κ3) is 1.35. The molecule has 2 heteroatoms. The van der Waals surface area contributed by atoms with Crippen molar-refractivity contribution in [2.24, 2.45) is 0 Å². The Bertz CT molecular complexity index is 463. The quantitative estimate of drug-likeness (QED) is 0.680. The first-order chi connectivity index (χ1) is 6.20. The van der Waals surface area contributed by atoms with Crippen LogP contribution < -0.4 is 0 Å². The van der Waals surface area contributed by atoms with Crippen LogP contribution in [0.4, 0.5) is 0 Å². The molecule has 2 rings (SSSR count). The van der Waals surface area contributed by atoms with E-state index in [0.717, 1.165) is 4.47 Å². The van der Waals surface area contributed by atoms with Gasteiger partial charge in [0.25, 0.3) is 0 Å². The molecule has 0 amide bonds. The Morgan fingerprint density at radius 3 is 2.54 bits per heavy atom. The lowest BCUT2D eigenvalue weighted by atomic mass is 10.1. The van der Waals surface area contributed by atoms with Gasteiger partial charge in [0, 0.05) is 22.3 Å². The maximum absolute atomic E-state index is 4.18. The molecule has 0 fully saturated rings. The van der Waals surface area contributed by atoms with E-state index in [2.05, 4.69) is 46.9 Å². The van der Waals surface area contributed by atoms with E-state index < -0.39 is 0 Å². The molecule has 1 nitrogen and oxygen atoms in total. The van der Waals surface area contributed by atoms with Crippen LogP contribution in [-0.2, 0) is 0 Å². The summed E-state index contributed by atoms with van der Waals surface area (Å²) >= 11 is 3.57. The van der Waals surface area contributed by atoms with Gasteiger partial charge >= 0.3 is 0 Å². The molecule has 13 heavy (non-hydrogen) atoms. The summed E-state index contributed by atoms with van der Waals surface area (Å²) in [5.74, 6) is 0. The number of pyridine rings is 1. The summed E-state index contributed by atoms with van der Waals surface area (Å²) in [6.45, 7) is 4.17. The molecule has 0 aliphatic heterocycles. The first-order valence-electron chi connectivity index (χ1n) is 4.19. The van der Waals surface area contributed by atoms with Crippen LogP contribution in [-0.4, -0.2) is 4.98 Å². The van der Waals surface area contributed by atoms with Gasteiger partial charge in [0.1, 0.15) is 0 Å². The van der Waals surface area contributed by atoms with Crippen molar-refractivity contribution in [3.8, 4) is 0 Å². The van der Waals surface area contributed by atoms with E-state index in [1.165, 1.54) is 21.9 Å². The molecule has 0 spiro atoms. The van der Waals surface area contributed by atoms with Crippen LogP contribution in [0.1, 0.15) is 11.1 Å². The number of hydrogen-bond donors (Lipinski definition) is 0. The molecule has 66 valence electrons. The lowest BCUT2D eigenvalue weighted by molar-refractivity contribution is 1.30. The number of halogens is 1. The second-order valence-electron chi connectivity index (χ2n) is 3.25. The standard InChI is InChI=1S/C11H10BrN/c1-7-3-4-9-8(2)5-13-6-10(9)11(7)12/h3-6H,1-2H3. The van der Waals surface area contributed by atoms with Gasteiger partial charge in [-0.15, -0.1) is 0 Å². The molecule has 1 aromatic carbocycles. The maximum Gasteiger partial charge on any atom is 0.0358 e. The molecular formula is C11H10BrN. The Morgan fingerprint density at radius 2 is 1.77 bits per heavy atom. The molecule has 2 aromatic rings. The minimum absolute atomic E-state index is 1.15. The second-order valence-corrected chi connectivity index (χ2v) is 4.04. The molecular weight excluding hydrogens is 226 g/mol. The van der Waals surface area contributed by atoms with Gasteiger partial charge in [-0.2, -0.15) is 0 Å². The predicted octanol–water partition coefficient (Wildman–Crippen LogP) is 3.61. The zero-order valence-corrected chi connectivity index (χ0v) is 9.22. The summed E-state index contributed by atoms with van der Waals surface area (Å²) in [6.07, 6.45) is 3.80. The highest BCUT2D eigenvalue weighted by molar-refractivity contribution is 9.10. The van der Waals surface area contributed by atoms with Crippen molar-refractivity contribution in [2.45, 2.75) is 13.8 Å². The van der Waals surface area contributed by atoms with E-state index in [4.69, 9.17) is 0 Å². The van der Waals surface area contributed by atoms with Crippen LogP contribution in [0.5, 0.6) is 0 Å². The third-order valence-corrected chi connectivity index (χ3v) is 3.32. The SMILES string of the molecule is Cc1ccc2c(C)cncc2c1Br. The summed E-state index contributed by atoms with van der Waals surface area (Å²) in [6, 6.07) is 4.27. The lowest BCUT2D eigenvalue weighted by Gasteiger charge is -2.05. The molecule has 0 atom stereocenters. The topological polar surface area (TPSA) is 12.9 Å². The summed E-state index contributed by atoms with van der Waals surface area (Å²) < 4.78 is 1.15. The van der Waals surface area contributed by atoms with E-state index in [0.29, 0.717) is 0 Å². The Morgan fingerprint density at radius 1 is 1.00 bits per heavy atom. The van der Waals surface area contributed by atoms with Gasteiger partial charge in [-0.3, -0.25) is 4.98 Å². The van der Waals surface area contributed by atoms with Crippen molar-refractivity contribution in [3.63, 3.8) is 0 Å². The fraction of sp³-hybridized carbons (Fsp3) is 0.182. The van der Waals surface area contributed by atoms with Crippen LogP contribution in [0.2, 0.25) is 0 Å². The van der Waals surface area contributed by atoms with Gasteiger partial charge in [0.05, 0.1) is 0 Å². The van der Waals surface area contributed by atoms with Gasteiger partial charge < -0.3 is 0 Å². The van der Waals surface area contributed by atoms with Crippen molar-refractivity contribution >= 4 is 26.7 Å². The molecule has 1 heterocycles. The highest BCUT2D eigenvalue weighted by Crippen LogP contribution is 2.27. The number of aromatic nitrogens is 1. The van der Waals surface area contributed by atoms with E-state index in [1.807, 2.05) is 12.4 Å². The zero-order valence-electron chi connectivity index (χ0n) is 7.63.